The first-order valence-electron chi connectivity index (χ1n) is 8.00. The van der Waals surface area contributed by atoms with Gasteiger partial charge in [0, 0.05) is 5.02 Å². The molecule has 124 valence electrons. The van der Waals surface area contributed by atoms with Crippen LogP contribution in [0.1, 0.15) is 46.8 Å². The summed E-state index contributed by atoms with van der Waals surface area (Å²) in [5, 5.41) is 14.3. The number of phenolic OH excluding ortho intramolecular Hbond substituents is 1. The average Bonchev–Trinajstić information content (AvgIpc) is 2.61. The second-order valence-electron chi connectivity index (χ2n) is 5.99. The molecule has 0 saturated heterocycles. The van der Waals surface area contributed by atoms with Gasteiger partial charge in [-0.1, -0.05) is 23.7 Å². The van der Waals surface area contributed by atoms with E-state index in [1.54, 1.807) is 0 Å². The van der Waals surface area contributed by atoms with Crippen LogP contribution in [0.4, 0.5) is 0 Å². The van der Waals surface area contributed by atoms with Gasteiger partial charge in [0.15, 0.2) is 0 Å². The Morgan fingerprint density at radius 3 is 2.67 bits per heavy atom. The van der Waals surface area contributed by atoms with E-state index >= 15 is 0 Å². The van der Waals surface area contributed by atoms with Crippen LogP contribution in [-0.4, -0.2) is 16.7 Å². The normalized spacial score (nSPS) is 14.2. The van der Waals surface area contributed by atoms with E-state index in [9.17, 15) is 9.90 Å². The Morgan fingerprint density at radius 2 is 1.88 bits per heavy atom. The number of carbonyl (C=O) groups excluding carboxylic acids is 1. The number of nitrogens with one attached hydrogen (secondary N) is 1. The molecule has 0 unspecified atom stereocenters. The summed E-state index contributed by atoms with van der Waals surface area (Å²) in [5.74, 6) is -0.620. The average molecular weight is 343 g/mol. The SMILES string of the molecule is C/C(=N\NC(=O)c1cc(Cl)ccc1O)c1ccc2c(c1)CCCC2. The first-order chi connectivity index (χ1) is 11.5. The fraction of sp³-hybridized carbons (Fsp3) is 0.263. The van der Waals surface area contributed by atoms with Crippen LogP contribution in [0.5, 0.6) is 5.75 Å². The van der Waals surface area contributed by atoms with Gasteiger partial charge in [-0.2, -0.15) is 5.10 Å². The van der Waals surface area contributed by atoms with Gasteiger partial charge in [-0.15, -0.1) is 0 Å². The maximum atomic E-state index is 12.1. The number of fused-ring (bicyclic) bond motifs is 1. The van der Waals surface area contributed by atoms with Crippen molar-refractivity contribution in [2.75, 3.05) is 0 Å². The molecule has 0 saturated carbocycles. The minimum absolute atomic E-state index is 0.101. The number of aromatic hydroxyl groups is 1. The highest BCUT2D eigenvalue weighted by Crippen LogP contribution is 2.23. The first-order valence-corrected chi connectivity index (χ1v) is 8.38. The third-order valence-electron chi connectivity index (χ3n) is 4.29. The quantitative estimate of drug-likeness (QED) is 0.652. The van der Waals surface area contributed by atoms with Gasteiger partial charge >= 0.3 is 0 Å². The van der Waals surface area contributed by atoms with Gasteiger partial charge in [-0.3, -0.25) is 4.79 Å². The minimum Gasteiger partial charge on any atom is -0.507 e. The van der Waals surface area contributed by atoms with Crippen LogP contribution in [0, 0.1) is 0 Å². The van der Waals surface area contributed by atoms with Crippen molar-refractivity contribution in [1.29, 1.82) is 0 Å². The number of hydrazone groups is 1. The Bertz CT molecular complexity index is 815. The molecule has 0 heterocycles. The predicted octanol–water partition coefficient (Wildman–Crippen LogP) is 4.08. The molecule has 0 radical (unpaired) electrons. The van der Waals surface area contributed by atoms with Gasteiger partial charge in [-0.05, 0) is 73.6 Å². The molecule has 3 rings (SSSR count). The smallest absolute Gasteiger partial charge is 0.275 e. The lowest BCUT2D eigenvalue weighted by Crippen LogP contribution is -2.19. The molecule has 1 aliphatic carbocycles. The van der Waals surface area contributed by atoms with E-state index in [0.717, 1.165) is 24.1 Å². The molecule has 2 N–H and O–H groups in total. The molecule has 0 spiro atoms. The number of carbonyl (C=O) groups is 1. The summed E-state index contributed by atoms with van der Waals surface area (Å²) < 4.78 is 0. The van der Waals surface area contributed by atoms with Crippen molar-refractivity contribution in [3.63, 3.8) is 0 Å². The Kier molecular flexibility index (Phi) is 4.86. The molecule has 0 aromatic heterocycles. The number of phenols is 1. The fourth-order valence-corrected chi connectivity index (χ4v) is 3.08. The van der Waals surface area contributed by atoms with Crippen LogP contribution in [-0.2, 0) is 12.8 Å². The Balaban J connectivity index is 1.76. The lowest BCUT2D eigenvalue weighted by Gasteiger charge is -2.16. The molecule has 24 heavy (non-hydrogen) atoms. The molecule has 4 nitrogen and oxygen atoms in total. The summed E-state index contributed by atoms with van der Waals surface area (Å²) in [4.78, 5) is 12.1. The van der Waals surface area contributed by atoms with E-state index in [1.165, 1.54) is 42.2 Å². The topological polar surface area (TPSA) is 61.7 Å². The van der Waals surface area contributed by atoms with Crippen LogP contribution in [0.25, 0.3) is 0 Å². The summed E-state index contributed by atoms with van der Waals surface area (Å²) in [6.45, 7) is 1.85. The Hall–Kier alpha value is -2.33. The number of halogens is 1. The Labute approximate surface area is 146 Å². The number of benzene rings is 2. The van der Waals surface area contributed by atoms with Gasteiger partial charge < -0.3 is 5.11 Å². The highest BCUT2D eigenvalue weighted by Gasteiger charge is 2.13. The van der Waals surface area contributed by atoms with E-state index in [1.807, 2.05) is 13.0 Å². The van der Waals surface area contributed by atoms with Crippen LogP contribution in [0.15, 0.2) is 41.5 Å². The first kappa shape index (κ1) is 16.5. The maximum absolute atomic E-state index is 12.1. The van der Waals surface area contributed by atoms with Crippen molar-refractivity contribution in [3.05, 3.63) is 63.7 Å². The molecule has 0 bridgehead atoms. The predicted molar refractivity (Wildman–Crippen MR) is 95.9 cm³/mol. The van der Waals surface area contributed by atoms with E-state index in [-0.39, 0.29) is 11.3 Å². The zero-order chi connectivity index (χ0) is 17.1. The van der Waals surface area contributed by atoms with Crippen LogP contribution in [0.2, 0.25) is 5.02 Å². The molecule has 5 heteroatoms. The largest absolute Gasteiger partial charge is 0.507 e. The monoisotopic (exact) mass is 342 g/mol. The molecule has 1 aliphatic rings. The summed E-state index contributed by atoms with van der Waals surface area (Å²) in [6.07, 6.45) is 4.70. The van der Waals surface area contributed by atoms with Crippen molar-refractivity contribution in [2.24, 2.45) is 5.10 Å². The van der Waals surface area contributed by atoms with Crippen molar-refractivity contribution in [1.82, 2.24) is 5.43 Å². The summed E-state index contributed by atoms with van der Waals surface area (Å²) in [7, 11) is 0. The van der Waals surface area contributed by atoms with Crippen LogP contribution in [0.3, 0.4) is 0 Å². The fourth-order valence-electron chi connectivity index (χ4n) is 2.91. The van der Waals surface area contributed by atoms with Gasteiger partial charge in [0.25, 0.3) is 5.91 Å². The molecular weight excluding hydrogens is 324 g/mol. The van der Waals surface area contributed by atoms with Gasteiger partial charge in [0.1, 0.15) is 5.75 Å². The molecule has 0 fully saturated rings. The van der Waals surface area contributed by atoms with Gasteiger partial charge in [-0.25, -0.2) is 5.43 Å². The van der Waals surface area contributed by atoms with E-state index in [0.29, 0.717) is 5.02 Å². The zero-order valence-corrected chi connectivity index (χ0v) is 14.2. The number of nitrogens with zero attached hydrogens (tertiary/aromatic N) is 1. The maximum Gasteiger partial charge on any atom is 0.275 e. The summed E-state index contributed by atoms with van der Waals surface area (Å²) in [6, 6.07) is 10.7. The van der Waals surface area contributed by atoms with Crippen molar-refractivity contribution < 1.29 is 9.90 Å². The second kappa shape index (κ2) is 7.05. The van der Waals surface area contributed by atoms with Gasteiger partial charge in [0.2, 0.25) is 0 Å². The van der Waals surface area contributed by atoms with Crippen LogP contribution < -0.4 is 5.43 Å². The number of rotatable bonds is 3. The summed E-state index contributed by atoms with van der Waals surface area (Å²) >= 11 is 5.86. The number of hydrogen-bond donors (Lipinski definition) is 2. The van der Waals surface area contributed by atoms with E-state index in [4.69, 9.17) is 11.6 Å². The number of amides is 1. The standard InChI is InChI=1S/C19H19ClN2O2/c1-12(14-7-6-13-4-2-3-5-15(13)10-14)21-22-19(24)17-11-16(20)8-9-18(17)23/h6-11,23H,2-5H2,1H3,(H,22,24)/b21-12+. The second-order valence-corrected chi connectivity index (χ2v) is 6.43. The van der Waals surface area contributed by atoms with Gasteiger partial charge in [0.05, 0.1) is 11.3 Å². The van der Waals surface area contributed by atoms with Crippen molar-refractivity contribution in [3.8, 4) is 5.75 Å². The van der Waals surface area contributed by atoms with Crippen LogP contribution >= 0.6 is 11.6 Å². The minimum atomic E-state index is -0.493. The third-order valence-corrected chi connectivity index (χ3v) is 4.53. The molecule has 2 aromatic rings. The molecular formula is C19H19ClN2O2. The molecule has 1 amide bonds. The number of aryl methyl sites for hydroxylation is 2. The molecule has 2 aromatic carbocycles. The zero-order valence-electron chi connectivity index (χ0n) is 13.5. The number of hydrogen-bond acceptors (Lipinski definition) is 3. The lowest BCUT2D eigenvalue weighted by atomic mass is 9.90. The molecule has 0 atom stereocenters. The molecule has 0 aliphatic heterocycles. The highest BCUT2D eigenvalue weighted by molar-refractivity contribution is 6.31. The van der Waals surface area contributed by atoms with Crippen molar-refractivity contribution >= 4 is 23.2 Å². The highest BCUT2D eigenvalue weighted by atomic mass is 35.5. The third kappa shape index (κ3) is 3.60. The Morgan fingerprint density at radius 1 is 1.12 bits per heavy atom. The van der Waals surface area contributed by atoms with E-state index < -0.39 is 5.91 Å². The van der Waals surface area contributed by atoms with Crippen molar-refractivity contribution in [2.45, 2.75) is 32.6 Å². The summed E-state index contributed by atoms with van der Waals surface area (Å²) in [5.41, 5.74) is 7.07. The van der Waals surface area contributed by atoms with E-state index in [2.05, 4.69) is 22.7 Å². The lowest BCUT2D eigenvalue weighted by molar-refractivity contribution is 0.0952.